The van der Waals surface area contributed by atoms with Crippen molar-refractivity contribution in [2.75, 3.05) is 12.0 Å². The van der Waals surface area contributed by atoms with Gasteiger partial charge in [0, 0.05) is 23.0 Å². The lowest BCUT2D eigenvalue weighted by Gasteiger charge is -2.23. The van der Waals surface area contributed by atoms with Gasteiger partial charge < -0.3 is 9.84 Å². The largest absolute Gasteiger partial charge is 0.507 e. The number of thiazole rings is 1. The molecule has 1 N–H and O–H groups in total. The molecule has 10 heteroatoms. The molecule has 1 aliphatic rings. The third-order valence-electron chi connectivity index (χ3n) is 4.95. The van der Waals surface area contributed by atoms with Gasteiger partial charge in [0.05, 0.1) is 24.4 Å². The van der Waals surface area contributed by atoms with Crippen molar-refractivity contribution in [2.45, 2.75) is 13.0 Å². The lowest BCUT2D eigenvalue weighted by atomic mass is 9.96. The molecule has 1 amide bonds. The molecule has 0 radical (unpaired) electrons. The quantitative estimate of drug-likeness (QED) is 0.267. The number of ketones is 1. The van der Waals surface area contributed by atoms with Crippen LogP contribution >= 0.6 is 22.9 Å². The molecule has 2 aromatic heterocycles. The highest BCUT2D eigenvalue weighted by atomic mass is 35.5. The number of amides is 1. The number of halogens is 1. The van der Waals surface area contributed by atoms with E-state index in [1.165, 1.54) is 36.5 Å². The molecule has 1 saturated heterocycles. The number of carbonyl (C=O) groups excluding carboxylic acids is 3. The number of pyridine rings is 1. The van der Waals surface area contributed by atoms with Gasteiger partial charge in [-0.05, 0) is 36.8 Å². The molecule has 1 unspecified atom stereocenters. The fourth-order valence-electron chi connectivity index (χ4n) is 3.42. The Morgan fingerprint density at radius 1 is 1.16 bits per heavy atom. The average molecular weight is 470 g/mol. The van der Waals surface area contributed by atoms with Crippen LogP contribution in [0.1, 0.15) is 32.5 Å². The topological polar surface area (TPSA) is 110 Å². The molecule has 1 aromatic carbocycles. The molecule has 1 fully saturated rings. The number of hydrogen-bond acceptors (Lipinski definition) is 8. The molecule has 0 spiro atoms. The highest BCUT2D eigenvalue weighted by Crippen LogP contribution is 2.44. The number of methoxy groups -OCH3 is 1. The standard InChI is InChI=1S/C22H16ClN3O5S/c1-11-19(21(30)31-2)32-22(25-11)26-16(12-3-5-14(23)6-4-12)15(18(28)20(26)29)17(27)13-7-9-24-10-8-13/h3-10,16,27H,1-2H3. The van der Waals surface area contributed by atoms with Gasteiger partial charge in [-0.25, -0.2) is 9.78 Å². The lowest BCUT2D eigenvalue weighted by Crippen LogP contribution is -2.29. The summed E-state index contributed by atoms with van der Waals surface area (Å²) in [4.78, 5) is 47.9. The third kappa shape index (κ3) is 3.65. The van der Waals surface area contributed by atoms with Gasteiger partial charge in [-0.2, -0.15) is 0 Å². The zero-order chi connectivity index (χ0) is 23.0. The molecule has 1 atom stereocenters. The van der Waals surface area contributed by atoms with Crippen molar-refractivity contribution in [1.29, 1.82) is 0 Å². The summed E-state index contributed by atoms with van der Waals surface area (Å²) in [7, 11) is 1.25. The van der Waals surface area contributed by atoms with Crippen molar-refractivity contribution < 1.29 is 24.2 Å². The molecular weight excluding hydrogens is 454 g/mol. The maximum Gasteiger partial charge on any atom is 0.350 e. The van der Waals surface area contributed by atoms with Crippen molar-refractivity contribution in [3.63, 3.8) is 0 Å². The van der Waals surface area contributed by atoms with Crippen LogP contribution in [0.4, 0.5) is 5.13 Å². The number of rotatable bonds is 4. The van der Waals surface area contributed by atoms with Gasteiger partial charge in [-0.1, -0.05) is 35.1 Å². The number of ether oxygens (including phenoxy) is 1. The van der Waals surface area contributed by atoms with Gasteiger partial charge >= 0.3 is 11.9 Å². The zero-order valence-electron chi connectivity index (χ0n) is 16.9. The maximum absolute atomic E-state index is 13.1. The second-order valence-corrected chi connectivity index (χ2v) is 8.27. The number of benzene rings is 1. The Hall–Kier alpha value is -3.56. The number of nitrogens with zero attached hydrogens (tertiary/aromatic N) is 3. The minimum Gasteiger partial charge on any atom is -0.507 e. The highest BCUT2D eigenvalue weighted by Gasteiger charge is 2.48. The average Bonchev–Trinajstić information content (AvgIpc) is 3.31. The summed E-state index contributed by atoms with van der Waals surface area (Å²) in [5.41, 5.74) is 1.14. The van der Waals surface area contributed by atoms with E-state index in [1.54, 1.807) is 31.2 Å². The normalized spacial score (nSPS) is 17.6. The molecule has 3 aromatic rings. The summed E-state index contributed by atoms with van der Waals surface area (Å²) >= 11 is 6.95. The first-order valence-corrected chi connectivity index (χ1v) is 10.6. The lowest BCUT2D eigenvalue weighted by molar-refractivity contribution is -0.132. The number of aliphatic hydroxyl groups is 1. The summed E-state index contributed by atoms with van der Waals surface area (Å²) in [5, 5.41) is 11.6. The molecule has 8 nitrogen and oxygen atoms in total. The number of hydrogen-bond donors (Lipinski definition) is 1. The summed E-state index contributed by atoms with van der Waals surface area (Å²) in [5.74, 6) is -2.67. The zero-order valence-corrected chi connectivity index (χ0v) is 18.5. The number of carbonyl (C=O) groups is 3. The summed E-state index contributed by atoms with van der Waals surface area (Å²) in [6.07, 6.45) is 2.94. The molecule has 0 aliphatic carbocycles. The number of esters is 1. The fourth-order valence-corrected chi connectivity index (χ4v) is 4.56. The van der Waals surface area contributed by atoms with E-state index >= 15 is 0 Å². The van der Waals surface area contributed by atoms with Gasteiger partial charge in [0.2, 0.25) is 0 Å². The molecule has 162 valence electrons. The highest BCUT2D eigenvalue weighted by molar-refractivity contribution is 7.17. The smallest absolute Gasteiger partial charge is 0.350 e. The second kappa shape index (κ2) is 8.52. The van der Waals surface area contributed by atoms with Crippen LogP contribution in [0, 0.1) is 6.92 Å². The Bertz CT molecular complexity index is 1250. The van der Waals surface area contributed by atoms with Crippen LogP contribution in [0.15, 0.2) is 54.4 Å². The maximum atomic E-state index is 13.1. The van der Waals surface area contributed by atoms with Crippen molar-refractivity contribution in [2.24, 2.45) is 0 Å². The molecule has 32 heavy (non-hydrogen) atoms. The van der Waals surface area contributed by atoms with Gasteiger partial charge in [0.25, 0.3) is 5.78 Å². The molecular formula is C22H16ClN3O5S. The van der Waals surface area contributed by atoms with Crippen molar-refractivity contribution in [3.8, 4) is 0 Å². The van der Waals surface area contributed by atoms with Gasteiger partial charge in [-0.3, -0.25) is 19.5 Å². The van der Waals surface area contributed by atoms with Crippen LogP contribution in [0.2, 0.25) is 5.02 Å². The van der Waals surface area contributed by atoms with E-state index in [0.717, 1.165) is 11.3 Å². The van der Waals surface area contributed by atoms with E-state index in [1.807, 2.05) is 0 Å². The Labute approximate surface area is 191 Å². The van der Waals surface area contributed by atoms with Crippen molar-refractivity contribution >= 4 is 51.5 Å². The SMILES string of the molecule is COC(=O)c1sc(N2C(=O)C(=O)C(=C(O)c3ccncc3)C2c2ccc(Cl)cc2)nc1C. The first-order valence-electron chi connectivity index (χ1n) is 9.36. The Balaban J connectivity index is 1.93. The molecule has 0 bridgehead atoms. The van der Waals surface area contributed by atoms with Crippen LogP contribution < -0.4 is 4.90 Å². The van der Waals surface area contributed by atoms with Gasteiger partial charge in [0.1, 0.15) is 10.6 Å². The Morgan fingerprint density at radius 3 is 2.44 bits per heavy atom. The minimum atomic E-state index is -0.975. The Morgan fingerprint density at radius 2 is 1.81 bits per heavy atom. The van der Waals surface area contributed by atoms with E-state index in [-0.39, 0.29) is 21.3 Å². The van der Waals surface area contributed by atoms with Crippen LogP contribution in [0.5, 0.6) is 0 Å². The summed E-state index contributed by atoms with van der Waals surface area (Å²) < 4.78 is 4.77. The molecule has 0 saturated carbocycles. The second-order valence-electron chi connectivity index (χ2n) is 6.86. The van der Waals surface area contributed by atoms with E-state index < -0.39 is 23.7 Å². The first kappa shape index (κ1) is 21.7. The summed E-state index contributed by atoms with van der Waals surface area (Å²) in [6, 6.07) is 8.65. The predicted molar refractivity (Wildman–Crippen MR) is 119 cm³/mol. The van der Waals surface area contributed by atoms with E-state index in [2.05, 4.69) is 9.97 Å². The number of anilines is 1. The molecule has 1 aliphatic heterocycles. The van der Waals surface area contributed by atoms with Crippen molar-refractivity contribution in [3.05, 3.63) is 81.1 Å². The number of Topliss-reactive ketones (excluding diaryl/α,β-unsaturated/α-hetero) is 1. The van der Waals surface area contributed by atoms with Gasteiger partial charge in [-0.15, -0.1) is 0 Å². The summed E-state index contributed by atoms with van der Waals surface area (Å²) in [6.45, 7) is 1.61. The number of aliphatic hydroxyl groups excluding tert-OH is 1. The molecule has 3 heterocycles. The minimum absolute atomic E-state index is 0.101. The fraction of sp³-hybridized carbons (Fsp3) is 0.136. The first-order chi connectivity index (χ1) is 15.3. The van der Waals surface area contributed by atoms with Crippen molar-refractivity contribution in [1.82, 2.24) is 9.97 Å². The van der Waals surface area contributed by atoms with E-state index in [9.17, 15) is 19.5 Å². The number of aromatic nitrogens is 2. The third-order valence-corrected chi connectivity index (χ3v) is 6.33. The van der Waals surface area contributed by atoms with Crippen LogP contribution in [-0.2, 0) is 14.3 Å². The van der Waals surface area contributed by atoms with Crippen LogP contribution in [0.3, 0.4) is 0 Å². The van der Waals surface area contributed by atoms with Gasteiger partial charge in [0.15, 0.2) is 5.13 Å². The van der Waals surface area contributed by atoms with E-state index in [0.29, 0.717) is 21.8 Å². The Kier molecular flexibility index (Phi) is 5.77. The predicted octanol–water partition coefficient (Wildman–Crippen LogP) is 3.91. The monoisotopic (exact) mass is 469 g/mol. The molecule has 4 rings (SSSR count). The van der Waals surface area contributed by atoms with Crippen LogP contribution in [0.25, 0.3) is 5.76 Å². The van der Waals surface area contributed by atoms with E-state index in [4.69, 9.17) is 16.3 Å². The van der Waals surface area contributed by atoms with Crippen LogP contribution in [-0.4, -0.2) is 39.8 Å². The number of aryl methyl sites for hydroxylation is 1.